The van der Waals surface area contributed by atoms with Crippen molar-refractivity contribution < 1.29 is 0 Å². The lowest BCUT2D eigenvalue weighted by Gasteiger charge is -2.30. The molecule has 1 fully saturated rings. The van der Waals surface area contributed by atoms with Gasteiger partial charge in [-0.3, -0.25) is 5.10 Å². The van der Waals surface area contributed by atoms with Crippen molar-refractivity contribution in [2.45, 2.75) is 19.3 Å². The molecule has 0 bridgehead atoms. The number of H-pyrrole nitrogens is 1. The van der Waals surface area contributed by atoms with Gasteiger partial charge in [0.2, 0.25) is 5.95 Å². The summed E-state index contributed by atoms with van der Waals surface area (Å²) in [6.07, 6.45) is 3.38. The van der Waals surface area contributed by atoms with Crippen LogP contribution in [0.15, 0.2) is 0 Å². The van der Waals surface area contributed by atoms with E-state index in [-0.39, 0.29) is 0 Å². The van der Waals surface area contributed by atoms with Gasteiger partial charge >= 0.3 is 0 Å². The van der Waals surface area contributed by atoms with Crippen LogP contribution < -0.4 is 10.2 Å². The van der Waals surface area contributed by atoms with Crippen LogP contribution in [-0.4, -0.2) is 67.4 Å². The summed E-state index contributed by atoms with van der Waals surface area (Å²) in [6, 6.07) is 0. The highest BCUT2D eigenvalue weighted by Crippen LogP contribution is 2.19. The molecule has 0 amide bonds. The molecule has 19 heavy (non-hydrogen) atoms. The molecular weight excluding hydrogens is 240 g/mol. The van der Waals surface area contributed by atoms with Crippen molar-refractivity contribution in [1.82, 2.24) is 25.4 Å². The first-order chi connectivity index (χ1) is 9.19. The van der Waals surface area contributed by atoms with Crippen LogP contribution in [0, 0.1) is 5.92 Å². The molecular formula is C13H26N6. The van der Waals surface area contributed by atoms with E-state index < -0.39 is 0 Å². The average molecular weight is 266 g/mol. The molecule has 1 aromatic rings. The Kier molecular flexibility index (Phi) is 5.15. The topological polar surface area (TPSA) is 60.1 Å². The number of hydrogen-bond donors (Lipinski definition) is 2. The van der Waals surface area contributed by atoms with E-state index in [2.05, 4.69) is 44.4 Å². The third-order valence-corrected chi connectivity index (χ3v) is 3.71. The van der Waals surface area contributed by atoms with Crippen molar-refractivity contribution >= 4 is 5.95 Å². The van der Waals surface area contributed by atoms with E-state index in [1.54, 1.807) is 0 Å². The van der Waals surface area contributed by atoms with Gasteiger partial charge in [0, 0.05) is 26.1 Å². The number of nitrogens with zero attached hydrogens (tertiary/aromatic N) is 4. The Bertz CT molecular complexity index is 367. The summed E-state index contributed by atoms with van der Waals surface area (Å²) >= 11 is 0. The number of rotatable bonds is 6. The lowest BCUT2D eigenvalue weighted by molar-refractivity contribution is 0.391. The van der Waals surface area contributed by atoms with E-state index in [1.165, 1.54) is 12.8 Å². The number of hydrogen-bond acceptors (Lipinski definition) is 5. The Labute approximate surface area is 115 Å². The lowest BCUT2D eigenvalue weighted by atomic mass is 9.97. The molecule has 6 nitrogen and oxygen atoms in total. The fourth-order valence-electron chi connectivity index (χ4n) is 2.49. The van der Waals surface area contributed by atoms with Crippen LogP contribution in [0.25, 0.3) is 0 Å². The Morgan fingerprint density at radius 3 is 2.74 bits per heavy atom. The maximum Gasteiger partial charge on any atom is 0.244 e. The largest absolute Gasteiger partial charge is 0.340 e. The molecule has 1 aliphatic heterocycles. The maximum absolute atomic E-state index is 4.59. The Morgan fingerprint density at radius 1 is 1.37 bits per heavy atom. The molecule has 0 aliphatic carbocycles. The van der Waals surface area contributed by atoms with Crippen LogP contribution in [0.3, 0.4) is 0 Å². The third kappa shape index (κ3) is 4.18. The SMILES string of the molecule is CNCC1CCN(c2n[nH]c(CCN(C)C)n2)CC1. The van der Waals surface area contributed by atoms with Crippen LogP contribution in [-0.2, 0) is 6.42 Å². The number of aromatic amines is 1. The standard InChI is InChI=1S/C13H26N6/c1-14-10-11-4-8-19(9-5-11)13-15-12(16-17-13)6-7-18(2)3/h11,14H,4-10H2,1-3H3,(H,15,16,17). The minimum absolute atomic E-state index is 0.799. The quantitative estimate of drug-likeness (QED) is 0.778. The first kappa shape index (κ1) is 14.3. The van der Waals surface area contributed by atoms with Crippen LogP contribution in [0.4, 0.5) is 5.95 Å². The van der Waals surface area contributed by atoms with Crippen molar-refractivity contribution in [2.75, 3.05) is 52.2 Å². The van der Waals surface area contributed by atoms with Gasteiger partial charge in [-0.25, -0.2) is 0 Å². The van der Waals surface area contributed by atoms with Gasteiger partial charge in [-0.05, 0) is 46.4 Å². The minimum Gasteiger partial charge on any atom is -0.340 e. The molecule has 0 atom stereocenters. The summed E-state index contributed by atoms with van der Waals surface area (Å²) in [5, 5.41) is 10.7. The van der Waals surface area contributed by atoms with E-state index >= 15 is 0 Å². The van der Waals surface area contributed by atoms with Crippen molar-refractivity contribution in [3.8, 4) is 0 Å². The molecule has 0 saturated carbocycles. The van der Waals surface area contributed by atoms with E-state index in [1.807, 2.05) is 7.05 Å². The molecule has 1 aliphatic rings. The summed E-state index contributed by atoms with van der Waals surface area (Å²) < 4.78 is 0. The Hall–Kier alpha value is -1.14. The second-order valence-corrected chi connectivity index (χ2v) is 5.62. The van der Waals surface area contributed by atoms with Gasteiger partial charge in [0.15, 0.2) is 0 Å². The molecule has 2 heterocycles. The Morgan fingerprint density at radius 2 is 2.11 bits per heavy atom. The minimum atomic E-state index is 0.799. The molecule has 0 aromatic carbocycles. The van der Waals surface area contributed by atoms with Gasteiger partial charge in [0.1, 0.15) is 5.82 Å². The second kappa shape index (κ2) is 6.86. The van der Waals surface area contributed by atoms with Gasteiger partial charge in [-0.1, -0.05) is 0 Å². The second-order valence-electron chi connectivity index (χ2n) is 5.62. The average Bonchev–Trinajstić information content (AvgIpc) is 2.86. The van der Waals surface area contributed by atoms with Crippen LogP contribution in [0.1, 0.15) is 18.7 Å². The molecule has 1 saturated heterocycles. The number of nitrogens with one attached hydrogen (secondary N) is 2. The molecule has 6 heteroatoms. The zero-order valence-electron chi connectivity index (χ0n) is 12.3. The first-order valence-electron chi connectivity index (χ1n) is 7.14. The Balaban J connectivity index is 1.82. The molecule has 1 aromatic heterocycles. The zero-order valence-corrected chi connectivity index (χ0v) is 12.3. The number of aromatic nitrogens is 3. The predicted molar refractivity (Wildman–Crippen MR) is 77.5 cm³/mol. The fraction of sp³-hybridized carbons (Fsp3) is 0.846. The highest BCUT2D eigenvalue weighted by atomic mass is 15.4. The van der Waals surface area contributed by atoms with Crippen molar-refractivity contribution in [2.24, 2.45) is 5.92 Å². The van der Waals surface area contributed by atoms with Gasteiger partial charge in [0.25, 0.3) is 0 Å². The van der Waals surface area contributed by atoms with Gasteiger partial charge in [-0.15, -0.1) is 5.10 Å². The summed E-state index contributed by atoms with van der Waals surface area (Å²) in [4.78, 5) is 9.05. The molecule has 0 unspecified atom stereocenters. The van der Waals surface area contributed by atoms with Crippen molar-refractivity contribution in [1.29, 1.82) is 0 Å². The van der Waals surface area contributed by atoms with Gasteiger partial charge < -0.3 is 15.1 Å². The highest BCUT2D eigenvalue weighted by Gasteiger charge is 2.21. The first-order valence-corrected chi connectivity index (χ1v) is 7.14. The highest BCUT2D eigenvalue weighted by molar-refractivity contribution is 5.29. The van der Waals surface area contributed by atoms with E-state index in [4.69, 9.17) is 0 Å². The number of anilines is 1. The van der Waals surface area contributed by atoms with E-state index in [0.29, 0.717) is 0 Å². The van der Waals surface area contributed by atoms with E-state index in [9.17, 15) is 0 Å². The fourth-order valence-corrected chi connectivity index (χ4v) is 2.49. The van der Waals surface area contributed by atoms with Crippen LogP contribution >= 0.6 is 0 Å². The molecule has 0 spiro atoms. The normalized spacial score (nSPS) is 17.4. The van der Waals surface area contributed by atoms with E-state index in [0.717, 1.165) is 50.3 Å². The van der Waals surface area contributed by atoms with Crippen LogP contribution in [0.2, 0.25) is 0 Å². The van der Waals surface area contributed by atoms with Gasteiger partial charge in [-0.2, -0.15) is 4.98 Å². The summed E-state index contributed by atoms with van der Waals surface area (Å²) in [6.45, 7) is 4.25. The number of piperidine rings is 1. The third-order valence-electron chi connectivity index (χ3n) is 3.71. The summed E-state index contributed by atoms with van der Waals surface area (Å²) in [7, 11) is 6.17. The van der Waals surface area contributed by atoms with Crippen molar-refractivity contribution in [3.63, 3.8) is 0 Å². The maximum atomic E-state index is 4.59. The lowest BCUT2D eigenvalue weighted by Crippen LogP contribution is -2.37. The molecule has 108 valence electrons. The molecule has 0 radical (unpaired) electrons. The molecule has 2 N–H and O–H groups in total. The van der Waals surface area contributed by atoms with Crippen molar-refractivity contribution in [3.05, 3.63) is 5.82 Å². The monoisotopic (exact) mass is 266 g/mol. The zero-order chi connectivity index (χ0) is 13.7. The predicted octanol–water partition coefficient (Wildman–Crippen LogP) is 0.345. The summed E-state index contributed by atoms with van der Waals surface area (Å²) in [5.41, 5.74) is 0. The number of likely N-dealkylation sites (N-methyl/N-ethyl adjacent to an activating group) is 1. The summed E-state index contributed by atoms with van der Waals surface area (Å²) in [5.74, 6) is 2.66. The van der Waals surface area contributed by atoms with Crippen LogP contribution in [0.5, 0.6) is 0 Å². The molecule has 2 rings (SSSR count). The smallest absolute Gasteiger partial charge is 0.244 e. The van der Waals surface area contributed by atoms with Gasteiger partial charge in [0.05, 0.1) is 0 Å².